The zero-order valence-electron chi connectivity index (χ0n) is 11.7. The van der Waals surface area contributed by atoms with Gasteiger partial charge in [0, 0.05) is 6.42 Å². The van der Waals surface area contributed by atoms with E-state index in [1.807, 2.05) is 13.8 Å². The predicted molar refractivity (Wildman–Crippen MR) is 70.0 cm³/mol. The molecule has 0 saturated carbocycles. The van der Waals surface area contributed by atoms with E-state index in [1.54, 1.807) is 4.90 Å². The molecule has 0 bridgehead atoms. The van der Waals surface area contributed by atoms with E-state index in [0.29, 0.717) is 6.42 Å². The van der Waals surface area contributed by atoms with Gasteiger partial charge in [-0.25, -0.2) is 0 Å². The van der Waals surface area contributed by atoms with Crippen LogP contribution in [0.25, 0.3) is 0 Å². The Morgan fingerprint density at radius 2 is 1.72 bits per heavy atom. The molecule has 0 unspecified atom stereocenters. The molecule has 0 aromatic heterocycles. The van der Waals surface area contributed by atoms with Crippen molar-refractivity contribution >= 4 is 11.8 Å². The standard InChI is InChI=1S/C14H24N2O2/c1-4-14(5-2)10-11(17)16(12(14)18)13(3)6-8-15-9-7-13/h15H,4-10H2,1-3H3. The summed E-state index contributed by atoms with van der Waals surface area (Å²) >= 11 is 0. The van der Waals surface area contributed by atoms with Gasteiger partial charge in [-0.3, -0.25) is 14.5 Å². The highest BCUT2D eigenvalue weighted by Crippen LogP contribution is 2.43. The van der Waals surface area contributed by atoms with Gasteiger partial charge in [-0.2, -0.15) is 0 Å². The maximum Gasteiger partial charge on any atom is 0.236 e. The lowest BCUT2D eigenvalue weighted by atomic mass is 9.80. The van der Waals surface area contributed by atoms with E-state index in [9.17, 15) is 9.59 Å². The molecule has 2 rings (SSSR count). The Morgan fingerprint density at radius 1 is 1.17 bits per heavy atom. The summed E-state index contributed by atoms with van der Waals surface area (Å²) in [5, 5.41) is 3.29. The van der Waals surface area contributed by atoms with E-state index < -0.39 is 5.41 Å². The van der Waals surface area contributed by atoms with Gasteiger partial charge in [-0.05, 0) is 45.7 Å². The summed E-state index contributed by atoms with van der Waals surface area (Å²) in [4.78, 5) is 26.6. The van der Waals surface area contributed by atoms with Crippen molar-refractivity contribution in [3.05, 3.63) is 0 Å². The molecule has 1 N–H and O–H groups in total. The number of carbonyl (C=O) groups excluding carboxylic acids is 2. The minimum Gasteiger partial charge on any atom is -0.317 e. The second kappa shape index (κ2) is 4.65. The lowest BCUT2D eigenvalue weighted by Gasteiger charge is -2.41. The lowest BCUT2D eigenvalue weighted by molar-refractivity contribution is -0.149. The summed E-state index contributed by atoms with van der Waals surface area (Å²) in [5.74, 6) is 0.106. The molecule has 0 radical (unpaired) electrons. The molecule has 2 heterocycles. The quantitative estimate of drug-likeness (QED) is 0.778. The topological polar surface area (TPSA) is 49.4 Å². The maximum absolute atomic E-state index is 12.7. The van der Waals surface area contributed by atoms with E-state index in [2.05, 4.69) is 12.2 Å². The van der Waals surface area contributed by atoms with E-state index in [0.717, 1.165) is 38.8 Å². The van der Waals surface area contributed by atoms with Crippen molar-refractivity contribution in [2.75, 3.05) is 13.1 Å². The Kier molecular flexibility index (Phi) is 3.49. The Balaban J connectivity index is 2.29. The largest absolute Gasteiger partial charge is 0.317 e. The minimum atomic E-state index is -0.426. The molecule has 2 fully saturated rings. The Labute approximate surface area is 109 Å². The summed E-state index contributed by atoms with van der Waals surface area (Å²) in [6.45, 7) is 7.87. The molecule has 102 valence electrons. The molecular weight excluding hydrogens is 228 g/mol. The highest BCUT2D eigenvalue weighted by atomic mass is 16.2. The van der Waals surface area contributed by atoms with Crippen molar-refractivity contribution in [3.63, 3.8) is 0 Å². The number of hydrogen-bond acceptors (Lipinski definition) is 3. The van der Waals surface area contributed by atoms with Crippen LogP contribution in [0.2, 0.25) is 0 Å². The molecule has 18 heavy (non-hydrogen) atoms. The first kappa shape index (κ1) is 13.5. The first-order valence-electron chi connectivity index (χ1n) is 7.07. The number of nitrogens with one attached hydrogen (secondary N) is 1. The van der Waals surface area contributed by atoms with E-state index in [1.165, 1.54) is 0 Å². The number of nitrogens with zero attached hydrogens (tertiary/aromatic N) is 1. The van der Waals surface area contributed by atoms with E-state index in [-0.39, 0.29) is 17.4 Å². The molecular formula is C14H24N2O2. The maximum atomic E-state index is 12.7. The molecule has 4 nitrogen and oxygen atoms in total. The molecule has 2 aliphatic heterocycles. The smallest absolute Gasteiger partial charge is 0.236 e. The first-order valence-corrected chi connectivity index (χ1v) is 7.07. The molecule has 0 aliphatic carbocycles. The fourth-order valence-electron chi connectivity index (χ4n) is 3.33. The van der Waals surface area contributed by atoms with Crippen molar-refractivity contribution in [1.82, 2.24) is 10.2 Å². The van der Waals surface area contributed by atoms with Crippen LogP contribution < -0.4 is 5.32 Å². The van der Waals surface area contributed by atoms with Crippen LogP contribution in [0.5, 0.6) is 0 Å². The van der Waals surface area contributed by atoms with Crippen LogP contribution in [0, 0.1) is 5.41 Å². The van der Waals surface area contributed by atoms with Crippen molar-refractivity contribution in [3.8, 4) is 0 Å². The third-order valence-corrected chi connectivity index (χ3v) is 4.97. The van der Waals surface area contributed by atoms with Crippen LogP contribution in [0.4, 0.5) is 0 Å². The number of piperidine rings is 1. The van der Waals surface area contributed by atoms with Crippen molar-refractivity contribution in [1.29, 1.82) is 0 Å². The summed E-state index contributed by atoms with van der Waals surface area (Å²) in [6.07, 6.45) is 3.67. The van der Waals surface area contributed by atoms with Gasteiger partial charge in [0.15, 0.2) is 0 Å². The van der Waals surface area contributed by atoms with Crippen molar-refractivity contribution < 1.29 is 9.59 Å². The fourth-order valence-corrected chi connectivity index (χ4v) is 3.33. The fraction of sp³-hybridized carbons (Fsp3) is 0.857. The second-order valence-corrected chi connectivity index (χ2v) is 5.95. The number of amides is 2. The average molecular weight is 252 g/mol. The second-order valence-electron chi connectivity index (χ2n) is 5.95. The minimum absolute atomic E-state index is 0.0353. The molecule has 2 saturated heterocycles. The van der Waals surface area contributed by atoms with E-state index >= 15 is 0 Å². The molecule has 2 amide bonds. The highest BCUT2D eigenvalue weighted by molar-refractivity contribution is 6.06. The van der Waals surface area contributed by atoms with Crippen LogP contribution in [-0.2, 0) is 9.59 Å². The first-order chi connectivity index (χ1) is 8.49. The van der Waals surface area contributed by atoms with E-state index in [4.69, 9.17) is 0 Å². The van der Waals surface area contributed by atoms with Gasteiger partial charge in [0.25, 0.3) is 0 Å². The molecule has 0 aromatic rings. The summed E-state index contributed by atoms with van der Waals surface area (Å²) in [5.41, 5.74) is -0.698. The predicted octanol–water partition coefficient (Wildman–Crippen LogP) is 1.69. The van der Waals surface area contributed by atoms with Crippen LogP contribution in [-0.4, -0.2) is 35.3 Å². The van der Waals surface area contributed by atoms with Gasteiger partial charge in [0.2, 0.25) is 11.8 Å². The Morgan fingerprint density at radius 3 is 2.17 bits per heavy atom. The molecule has 0 spiro atoms. The Hall–Kier alpha value is -0.900. The zero-order chi connectivity index (χ0) is 13.4. The molecule has 0 aromatic carbocycles. The monoisotopic (exact) mass is 252 g/mol. The van der Waals surface area contributed by atoms with Crippen molar-refractivity contribution in [2.45, 2.75) is 58.4 Å². The average Bonchev–Trinajstić information content (AvgIpc) is 2.62. The van der Waals surface area contributed by atoms with Gasteiger partial charge in [-0.1, -0.05) is 13.8 Å². The van der Waals surface area contributed by atoms with Crippen LogP contribution in [0.3, 0.4) is 0 Å². The summed E-state index contributed by atoms with van der Waals surface area (Å²) in [6, 6.07) is 0. The molecule has 2 aliphatic rings. The third-order valence-electron chi connectivity index (χ3n) is 4.97. The SMILES string of the molecule is CCC1(CC)CC(=O)N(C2(C)CCNCC2)C1=O. The van der Waals surface area contributed by atoms with Gasteiger partial charge >= 0.3 is 0 Å². The van der Waals surface area contributed by atoms with Gasteiger partial charge in [0.05, 0.1) is 11.0 Å². The van der Waals surface area contributed by atoms with Gasteiger partial charge < -0.3 is 5.32 Å². The van der Waals surface area contributed by atoms with Crippen molar-refractivity contribution in [2.24, 2.45) is 5.41 Å². The van der Waals surface area contributed by atoms with Gasteiger partial charge in [0.1, 0.15) is 0 Å². The zero-order valence-corrected chi connectivity index (χ0v) is 11.7. The molecule has 0 atom stereocenters. The normalized spacial score (nSPS) is 26.7. The number of hydrogen-bond donors (Lipinski definition) is 1. The number of imide groups is 1. The Bertz CT molecular complexity index is 355. The number of rotatable bonds is 3. The van der Waals surface area contributed by atoms with Crippen LogP contribution in [0.1, 0.15) is 52.9 Å². The van der Waals surface area contributed by atoms with Crippen LogP contribution in [0.15, 0.2) is 0 Å². The van der Waals surface area contributed by atoms with Crippen LogP contribution >= 0.6 is 0 Å². The summed E-state index contributed by atoms with van der Waals surface area (Å²) in [7, 11) is 0. The summed E-state index contributed by atoms with van der Waals surface area (Å²) < 4.78 is 0. The number of carbonyl (C=O) groups is 2. The third kappa shape index (κ3) is 1.87. The highest BCUT2D eigenvalue weighted by Gasteiger charge is 2.54. The lowest BCUT2D eigenvalue weighted by Crippen LogP contribution is -2.55. The molecule has 4 heteroatoms. The van der Waals surface area contributed by atoms with Gasteiger partial charge in [-0.15, -0.1) is 0 Å². The number of likely N-dealkylation sites (tertiary alicyclic amines) is 1.